The third kappa shape index (κ3) is 6.83. The van der Waals surface area contributed by atoms with Crippen molar-refractivity contribution in [1.29, 1.82) is 0 Å². The fraction of sp³-hybridized carbons (Fsp3) is 0.312. The lowest BCUT2D eigenvalue weighted by molar-refractivity contribution is 0.0636. The Morgan fingerprint density at radius 1 is 0.953 bits per heavy atom. The highest BCUT2D eigenvalue weighted by atomic mass is 32.2. The molecule has 226 valence electrons. The second-order valence-electron chi connectivity index (χ2n) is 11.8. The zero-order valence-corrected chi connectivity index (χ0v) is 26.2. The predicted octanol–water partition coefficient (Wildman–Crippen LogP) is 6.65. The molecule has 4 aromatic rings. The predicted molar refractivity (Wildman–Crippen MR) is 167 cm³/mol. The molecule has 1 saturated carbocycles. The van der Waals surface area contributed by atoms with E-state index in [2.05, 4.69) is 16.4 Å². The van der Waals surface area contributed by atoms with Crippen LogP contribution in [0, 0.1) is 5.92 Å². The van der Waals surface area contributed by atoms with Crippen LogP contribution in [0.5, 0.6) is 0 Å². The number of sulfone groups is 1. The minimum Gasteiger partial charge on any atom is -0.444 e. The molecule has 43 heavy (non-hydrogen) atoms. The van der Waals surface area contributed by atoms with Gasteiger partial charge in [-0.1, -0.05) is 49.2 Å². The van der Waals surface area contributed by atoms with Gasteiger partial charge in [0.1, 0.15) is 5.60 Å². The van der Waals surface area contributed by atoms with Crippen molar-refractivity contribution in [1.82, 2.24) is 8.96 Å². The van der Waals surface area contributed by atoms with Crippen molar-refractivity contribution < 1.29 is 26.4 Å². The number of ether oxygens (including phenoxy) is 1. The molecule has 1 amide bonds. The smallest absolute Gasteiger partial charge is 0.412 e. The number of carbonyl (C=O) groups excluding carboxylic acids is 1. The van der Waals surface area contributed by atoms with E-state index in [1.807, 2.05) is 0 Å². The molecule has 0 spiro atoms. The molecular weight excluding hydrogens is 587 g/mol. The average Bonchev–Trinajstić information content (AvgIpc) is 3.58. The Balaban J connectivity index is 1.72. The quantitative estimate of drug-likeness (QED) is 0.245. The van der Waals surface area contributed by atoms with Crippen LogP contribution in [0.4, 0.5) is 10.5 Å². The van der Waals surface area contributed by atoms with E-state index in [1.54, 1.807) is 63.2 Å². The Labute approximate surface area is 252 Å². The van der Waals surface area contributed by atoms with E-state index in [0.29, 0.717) is 27.9 Å². The molecule has 2 heterocycles. The van der Waals surface area contributed by atoms with Gasteiger partial charge in [-0.2, -0.15) is 0 Å². The summed E-state index contributed by atoms with van der Waals surface area (Å²) in [4.78, 5) is 17.2. The van der Waals surface area contributed by atoms with Gasteiger partial charge in [-0.3, -0.25) is 5.32 Å². The molecule has 5 rings (SSSR count). The first-order chi connectivity index (χ1) is 20.2. The topological polar surface area (TPSA) is 124 Å². The van der Waals surface area contributed by atoms with Crippen molar-refractivity contribution in [2.45, 2.75) is 61.8 Å². The first kappa shape index (κ1) is 30.5. The molecular formula is C32H35N3O6S2. The third-order valence-electron chi connectivity index (χ3n) is 7.20. The maximum Gasteiger partial charge on any atom is 0.412 e. The van der Waals surface area contributed by atoms with Gasteiger partial charge in [-0.15, -0.1) is 0 Å². The van der Waals surface area contributed by atoms with Gasteiger partial charge in [0.05, 0.1) is 27.4 Å². The van der Waals surface area contributed by atoms with Crippen LogP contribution in [0.15, 0.2) is 88.8 Å². The summed E-state index contributed by atoms with van der Waals surface area (Å²) in [6, 6.07) is 18.0. The van der Waals surface area contributed by atoms with E-state index in [4.69, 9.17) is 4.74 Å². The second kappa shape index (κ2) is 11.6. The summed E-state index contributed by atoms with van der Waals surface area (Å²) in [5.41, 5.74) is 1.57. The molecule has 1 N–H and O–H groups in total. The lowest BCUT2D eigenvalue weighted by Crippen LogP contribution is -2.27. The van der Waals surface area contributed by atoms with Crippen LogP contribution in [0.1, 0.15) is 57.7 Å². The van der Waals surface area contributed by atoms with E-state index in [-0.39, 0.29) is 21.4 Å². The maximum atomic E-state index is 14.2. The van der Waals surface area contributed by atoms with E-state index in [1.165, 1.54) is 34.4 Å². The first-order valence-electron chi connectivity index (χ1n) is 14.1. The van der Waals surface area contributed by atoms with Crippen LogP contribution < -0.4 is 5.32 Å². The highest BCUT2D eigenvalue weighted by Gasteiger charge is 2.28. The van der Waals surface area contributed by atoms with Gasteiger partial charge in [0, 0.05) is 17.2 Å². The molecule has 9 nitrogen and oxygen atoms in total. The van der Waals surface area contributed by atoms with Crippen molar-refractivity contribution in [3.05, 3.63) is 90.3 Å². The number of pyridine rings is 1. The minimum atomic E-state index is -4.13. The molecule has 0 saturated heterocycles. The minimum absolute atomic E-state index is 0.0964. The lowest BCUT2D eigenvalue weighted by Gasteiger charge is -2.19. The number of rotatable bonds is 7. The zero-order valence-electron chi connectivity index (χ0n) is 24.6. The summed E-state index contributed by atoms with van der Waals surface area (Å²) < 4.78 is 59.4. The summed E-state index contributed by atoms with van der Waals surface area (Å²) >= 11 is 0. The number of hydrogen-bond donors (Lipinski definition) is 1. The number of amides is 1. The molecule has 1 aliphatic rings. The van der Waals surface area contributed by atoms with E-state index < -0.39 is 31.6 Å². The zero-order chi connectivity index (χ0) is 31.0. The molecule has 2 aromatic heterocycles. The standard InChI is InChI=1S/C32H35N3O6S2/c1-32(2,3)41-31(36)34-25-19-24-20-29(35(30(24)33-21-25)43(39,40)27-12-6-5-7-13-27)28(18-22-10-8-9-11-22)23-14-16-26(17-15-23)42(4,37)38/h5-7,12-22H,8-11H2,1-4H3,(H,34,36)/b28-18+. The molecule has 1 fully saturated rings. The lowest BCUT2D eigenvalue weighted by atomic mass is 9.96. The van der Waals surface area contributed by atoms with Crippen LogP contribution >= 0.6 is 0 Å². The highest BCUT2D eigenvalue weighted by Crippen LogP contribution is 2.37. The van der Waals surface area contributed by atoms with Crippen LogP contribution in [-0.4, -0.2) is 43.7 Å². The summed E-state index contributed by atoms with van der Waals surface area (Å²) in [6.07, 6.45) is 8.08. The van der Waals surface area contributed by atoms with Crippen molar-refractivity contribution in [2.75, 3.05) is 11.6 Å². The normalized spacial score (nSPS) is 15.1. The van der Waals surface area contributed by atoms with Crippen LogP contribution in [-0.2, 0) is 24.6 Å². The summed E-state index contributed by atoms with van der Waals surface area (Å²) in [5.74, 6) is 0.229. The van der Waals surface area contributed by atoms with Gasteiger partial charge in [0.25, 0.3) is 10.0 Å². The van der Waals surface area contributed by atoms with Crippen molar-refractivity contribution in [2.24, 2.45) is 5.92 Å². The molecule has 0 bridgehead atoms. The van der Waals surface area contributed by atoms with Gasteiger partial charge in [0.2, 0.25) is 0 Å². The SMILES string of the molecule is CC(C)(C)OC(=O)Nc1cnc2c(c1)cc(/C(=C/C1CCCC1)c1ccc(S(C)(=O)=O)cc1)n2S(=O)(=O)c1ccccc1. The number of carbonyl (C=O) groups is 1. The van der Waals surface area contributed by atoms with Gasteiger partial charge >= 0.3 is 6.09 Å². The molecule has 2 aromatic carbocycles. The number of nitrogens with one attached hydrogen (secondary N) is 1. The van der Waals surface area contributed by atoms with Crippen molar-refractivity contribution >= 4 is 48.2 Å². The molecule has 0 aliphatic heterocycles. The summed E-state index contributed by atoms with van der Waals surface area (Å²) in [5, 5.41) is 3.17. The molecule has 0 unspecified atom stereocenters. The van der Waals surface area contributed by atoms with E-state index in [9.17, 15) is 21.6 Å². The Morgan fingerprint density at radius 2 is 1.60 bits per heavy atom. The largest absolute Gasteiger partial charge is 0.444 e. The van der Waals surface area contributed by atoms with Gasteiger partial charge in [0.15, 0.2) is 15.5 Å². The van der Waals surface area contributed by atoms with E-state index in [0.717, 1.165) is 31.9 Å². The number of hydrogen-bond acceptors (Lipinski definition) is 7. The number of aromatic nitrogens is 2. The molecule has 0 radical (unpaired) electrons. The number of nitrogens with zero attached hydrogens (tertiary/aromatic N) is 2. The van der Waals surface area contributed by atoms with E-state index >= 15 is 0 Å². The Hall–Kier alpha value is -3.96. The molecule has 11 heteroatoms. The molecule has 1 aliphatic carbocycles. The fourth-order valence-corrected chi connectivity index (χ4v) is 7.39. The summed E-state index contributed by atoms with van der Waals surface area (Å²) in [6.45, 7) is 5.28. The number of fused-ring (bicyclic) bond motifs is 1. The Morgan fingerprint density at radius 3 is 2.21 bits per heavy atom. The number of anilines is 1. The molecule has 0 atom stereocenters. The average molecular weight is 622 g/mol. The number of allylic oxidation sites excluding steroid dienone is 1. The monoisotopic (exact) mass is 621 g/mol. The van der Waals surface area contributed by atoms with Crippen molar-refractivity contribution in [3.63, 3.8) is 0 Å². The Bertz CT molecular complexity index is 1900. The van der Waals surface area contributed by atoms with Gasteiger partial charge in [-0.25, -0.2) is 30.6 Å². The van der Waals surface area contributed by atoms with Gasteiger partial charge in [-0.05, 0) is 81.5 Å². The highest BCUT2D eigenvalue weighted by molar-refractivity contribution is 7.90. The van der Waals surface area contributed by atoms with Crippen LogP contribution in [0.25, 0.3) is 16.6 Å². The summed E-state index contributed by atoms with van der Waals surface area (Å²) in [7, 11) is -7.55. The maximum absolute atomic E-state index is 14.2. The van der Waals surface area contributed by atoms with Crippen LogP contribution in [0.2, 0.25) is 0 Å². The van der Waals surface area contributed by atoms with Crippen LogP contribution in [0.3, 0.4) is 0 Å². The Kier molecular flexibility index (Phi) is 8.24. The first-order valence-corrected chi connectivity index (χ1v) is 17.4. The van der Waals surface area contributed by atoms with Gasteiger partial charge < -0.3 is 4.74 Å². The second-order valence-corrected chi connectivity index (χ2v) is 15.6. The number of benzene rings is 2. The fourth-order valence-electron chi connectivity index (χ4n) is 5.26. The third-order valence-corrected chi connectivity index (χ3v) is 10.0. The van der Waals surface area contributed by atoms with Crippen molar-refractivity contribution in [3.8, 4) is 0 Å².